The molecule has 2 rings (SSSR count). The summed E-state index contributed by atoms with van der Waals surface area (Å²) >= 11 is 0.297. The van der Waals surface area contributed by atoms with Crippen molar-refractivity contribution in [2.24, 2.45) is 0 Å². The van der Waals surface area contributed by atoms with E-state index in [4.69, 9.17) is 0 Å². The van der Waals surface area contributed by atoms with Gasteiger partial charge >= 0.3 is 0 Å². The van der Waals surface area contributed by atoms with Gasteiger partial charge in [-0.15, -0.1) is 0 Å². The van der Waals surface area contributed by atoms with Crippen LogP contribution in [0.2, 0.25) is 0 Å². The number of rotatable bonds is 6. The van der Waals surface area contributed by atoms with Gasteiger partial charge in [0.2, 0.25) is 5.91 Å². The SMILES string of the molecule is Cc1nc(SC(F)F)nc(C)c1CCC(=O)Nc1ccc(F)cc1. The average Bonchev–Trinajstić information content (AvgIpc) is 2.48. The second-order valence-electron chi connectivity index (χ2n) is 5.09. The molecule has 1 aromatic carbocycles. The fourth-order valence-corrected chi connectivity index (χ4v) is 2.74. The number of anilines is 1. The average molecular weight is 355 g/mol. The molecule has 0 saturated carbocycles. The van der Waals surface area contributed by atoms with E-state index in [-0.39, 0.29) is 23.3 Å². The topological polar surface area (TPSA) is 54.9 Å². The second-order valence-corrected chi connectivity index (χ2v) is 6.05. The smallest absolute Gasteiger partial charge is 0.291 e. The molecule has 0 aliphatic heterocycles. The van der Waals surface area contributed by atoms with Crippen LogP contribution in [0.5, 0.6) is 0 Å². The van der Waals surface area contributed by atoms with Gasteiger partial charge in [-0.05, 0) is 61.9 Å². The van der Waals surface area contributed by atoms with Crippen molar-refractivity contribution in [1.82, 2.24) is 9.97 Å². The Kier molecular flexibility index (Phi) is 6.19. The lowest BCUT2D eigenvalue weighted by Crippen LogP contribution is -2.13. The number of nitrogens with one attached hydrogen (secondary N) is 1. The molecule has 24 heavy (non-hydrogen) atoms. The van der Waals surface area contributed by atoms with E-state index in [1.807, 2.05) is 0 Å². The molecule has 8 heteroatoms. The number of carbonyl (C=O) groups is 1. The lowest BCUT2D eigenvalue weighted by molar-refractivity contribution is -0.116. The van der Waals surface area contributed by atoms with E-state index in [9.17, 15) is 18.0 Å². The predicted octanol–water partition coefficient (Wildman–Crippen LogP) is 4.12. The molecule has 0 radical (unpaired) electrons. The van der Waals surface area contributed by atoms with Gasteiger partial charge in [0.15, 0.2) is 5.16 Å². The Morgan fingerprint density at radius 3 is 2.29 bits per heavy atom. The molecule has 1 N–H and O–H groups in total. The van der Waals surface area contributed by atoms with E-state index in [0.29, 0.717) is 35.3 Å². The van der Waals surface area contributed by atoms with Gasteiger partial charge in [0.05, 0.1) is 0 Å². The molecule has 1 aromatic heterocycles. The van der Waals surface area contributed by atoms with Crippen molar-refractivity contribution < 1.29 is 18.0 Å². The zero-order chi connectivity index (χ0) is 17.7. The summed E-state index contributed by atoms with van der Waals surface area (Å²) in [6, 6.07) is 5.47. The highest BCUT2D eigenvalue weighted by atomic mass is 32.2. The number of amides is 1. The van der Waals surface area contributed by atoms with Gasteiger partial charge in [-0.3, -0.25) is 4.79 Å². The number of hydrogen-bond acceptors (Lipinski definition) is 4. The molecule has 0 fully saturated rings. The first-order valence-corrected chi connectivity index (χ1v) is 8.07. The summed E-state index contributed by atoms with van der Waals surface area (Å²) in [6.45, 7) is 3.41. The third-order valence-corrected chi connectivity index (χ3v) is 3.90. The van der Waals surface area contributed by atoms with Crippen LogP contribution in [0.4, 0.5) is 18.9 Å². The number of thioether (sulfide) groups is 1. The first-order chi connectivity index (χ1) is 11.3. The highest BCUT2D eigenvalue weighted by Crippen LogP contribution is 2.24. The highest BCUT2D eigenvalue weighted by molar-refractivity contribution is 7.99. The zero-order valence-electron chi connectivity index (χ0n) is 13.1. The van der Waals surface area contributed by atoms with Crippen molar-refractivity contribution in [3.05, 3.63) is 47.0 Å². The first-order valence-electron chi connectivity index (χ1n) is 7.19. The molecule has 1 amide bonds. The molecule has 0 bridgehead atoms. The number of aromatic nitrogens is 2. The van der Waals surface area contributed by atoms with E-state index >= 15 is 0 Å². The molecular weight excluding hydrogens is 339 g/mol. The maximum absolute atomic E-state index is 12.8. The maximum atomic E-state index is 12.8. The largest absolute Gasteiger partial charge is 0.326 e. The van der Waals surface area contributed by atoms with Crippen molar-refractivity contribution in [3.63, 3.8) is 0 Å². The first kappa shape index (κ1) is 18.3. The molecular formula is C16H16F3N3OS. The Hall–Kier alpha value is -2.09. The van der Waals surface area contributed by atoms with Crippen LogP contribution in [-0.4, -0.2) is 21.6 Å². The Labute approximate surface area is 141 Å². The Morgan fingerprint density at radius 2 is 1.75 bits per heavy atom. The molecule has 128 valence electrons. The summed E-state index contributed by atoms with van der Waals surface area (Å²) in [6.07, 6.45) is 0.577. The molecule has 1 heterocycles. The van der Waals surface area contributed by atoms with E-state index in [1.54, 1.807) is 13.8 Å². The van der Waals surface area contributed by atoms with Crippen LogP contribution >= 0.6 is 11.8 Å². The van der Waals surface area contributed by atoms with E-state index in [0.717, 1.165) is 5.56 Å². The number of hydrogen-bond donors (Lipinski definition) is 1. The Morgan fingerprint density at radius 1 is 1.17 bits per heavy atom. The second kappa shape index (κ2) is 8.14. The maximum Gasteiger partial charge on any atom is 0.291 e. The van der Waals surface area contributed by atoms with Crippen molar-refractivity contribution in [2.45, 2.75) is 37.6 Å². The third kappa shape index (κ3) is 5.23. The predicted molar refractivity (Wildman–Crippen MR) is 86.7 cm³/mol. The minimum atomic E-state index is -2.57. The monoisotopic (exact) mass is 355 g/mol. The van der Waals surface area contributed by atoms with Gasteiger partial charge in [-0.2, -0.15) is 8.78 Å². The highest BCUT2D eigenvalue weighted by Gasteiger charge is 2.14. The molecule has 4 nitrogen and oxygen atoms in total. The molecule has 0 aliphatic carbocycles. The van der Waals surface area contributed by atoms with Gasteiger partial charge in [-0.1, -0.05) is 0 Å². The minimum absolute atomic E-state index is 0.0273. The molecule has 2 aromatic rings. The number of benzene rings is 1. The van der Waals surface area contributed by atoms with Gasteiger partial charge in [0, 0.05) is 23.5 Å². The normalized spacial score (nSPS) is 10.9. The fourth-order valence-electron chi connectivity index (χ4n) is 2.20. The number of alkyl halides is 2. The minimum Gasteiger partial charge on any atom is -0.326 e. The Balaban J connectivity index is 1.98. The summed E-state index contributed by atoms with van der Waals surface area (Å²) < 4.78 is 37.6. The van der Waals surface area contributed by atoms with Crippen molar-refractivity contribution in [3.8, 4) is 0 Å². The Bertz CT molecular complexity index is 700. The van der Waals surface area contributed by atoms with Crippen LogP contribution in [0.1, 0.15) is 23.4 Å². The van der Waals surface area contributed by atoms with Crippen molar-refractivity contribution >= 4 is 23.4 Å². The molecule has 0 saturated heterocycles. The summed E-state index contributed by atoms with van der Waals surface area (Å²) in [7, 11) is 0. The fraction of sp³-hybridized carbons (Fsp3) is 0.312. The van der Waals surface area contributed by atoms with E-state index in [2.05, 4.69) is 15.3 Å². The van der Waals surface area contributed by atoms with Crippen LogP contribution in [-0.2, 0) is 11.2 Å². The van der Waals surface area contributed by atoms with Crippen LogP contribution in [0.15, 0.2) is 29.4 Å². The molecule has 0 aliphatic rings. The lowest BCUT2D eigenvalue weighted by Gasteiger charge is -2.11. The van der Waals surface area contributed by atoms with Gasteiger partial charge < -0.3 is 5.32 Å². The van der Waals surface area contributed by atoms with E-state index < -0.39 is 5.76 Å². The lowest BCUT2D eigenvalue weighted by atomic mass is 10.1. The summed E-state index contributed by atoms with van der Waals surface area (Å²) in [5.74, 6) is -3.18. The molecule has 0 unspecified atom stereocenters. The van der Waals surface area contributed by atoms with E-state index in [1.165, 1.54) is 24.3 Å². The number of aryl methyl sites for hydroxylation is 2. The number of halogens is 3. The third-order valence-electron chi connectivity index (χ3n) is 3.32. The van der Waals surface area contributed by atoms with Gasteiger partial charge in [0.25, 0.3) is 5.76 Å². The standard InChI is InChI=1S/C16H16F3N3OS/c1-9-13(10(2)21-16(20-9)24-15(18)19)7-8-14(23)22-12-5-3-11(17)4-6-12/h3-6,15H,7-8H2,1-2H3,(H,22,23). The van der Waals surface area contributed by atoms with Gasteiger partial charge in [-0.25, -0.2) is 14.4 Å². The van der Waals surface area contributed by atoms with Crippen molar-refractivity contribution in [2.75, 3.05) is 5.32 Å². The van der Waals surface area contributed by atoms with Crippen LogP contribution in [0.25, 0.3) is 0 Å². The van der Waals surface area contributed by atoms with Crippen LogP contribution in [0.3, 0.4) is 0 Å². The number of nitrogens with zero attached hydrogens (tertiary/aromatic N) is 2. The zero-order valence-corrected chi connectivity index (χ0v) is 14.0. The summed E-state index contributed by atoms with van der Waals surface area (Å²) in [5, 5.41) is 2.69. The van der Waals surface area contributed by atoms with Crippen molar-refractivity contribution in [1.29, 1.82) is 0 Å². The van der Waals surface area contributed by atoms with Gasteiger partial charge in [0.1, 0.15) is 5.82 Å². The quantitative estimate of drug-likeness (QED) is 0.626. The molecule has 0 spiro atoms. The number of carbonyl (C=O) groups excluding carboxylic acids is 1. The van der Waals surface area contributed by atoms with Crippen LogP contribution < -0.4 is 5.32 Å². The molecule has 0 atom stereocenters. The summed E-state index contributed by atoms with van der Waals surface area (Å²) in [4.78, 5) is 20.0. The van der Waals surface area contributed by atoms with Crippen LogP contribution in [0, 0.1) is 19.7 Å². The summed E-state index contributed by atoms with van der Waals surface area (Å²) in [5.41, 5.74) is 2.44.